The SMILES string of the molecule is CN(c1ccccc1Cn1ccc2cnc(Nc3ccc(N4CCC(NC5CC5)CC4)cc3)nc21)S(C)(=O)=O. The van der Waals surface area contributed by atoms with Gasteiger partial charge in [-0.1, -0.05) is 18.2 Å². The van der Waals surface area contributed by atoms with Crippen LogP contribution in [-0.2, 0) is 16.6 Å². The van der Waals surface area contributed by atoms with E-state index in [1.807, 2.05) is 47.3 Å². The predicted octanol–water partition coefficient (Wildman–Crippen LogP) is 4.34. The normalized spacial score (nSPS) is 16.5. The summed E-state index contributed by atoms with van der Waals surface area (Å²) < 4.78 is 27.7. The molecule has 1 saturated carbocycles. The zero-order valence-corrected chi connectivity index (χ0v) is 23.2. The maximum Gasteiger partial charge on any atom is 0.232 e. The highest BCUT2D eigenvalue weighted by Gasteiger charge is 2.27. The summed E-state index contributed by atoms with van der Waals surface area (Å²) in [6, 6.07) is 19.4. The molecule has 2 aromatic carbocycles. The minimum absolute atomic E-state index is 0.484. The molecule has 0 bridgehead atoms. The first kappa shape index (κ1) is 25.6. The third-order valence-corrected chi connectivity index (χ3v) is 8.89. The number of aromatic nitrogens is 3. The topological polar surface area (TPSA) is 95.4 Å². The van der Waals surface area contributed by atoms with E-state index in [4.69, 9.17) is 4.98 Å². The van der Waals surface area contributed by atoms with Crippen LogP contribution < -0.4 is 19.8 Å². The van der Waals surface area contributed by atoms with Crippen LogP contribution in [-0.4, -0.2) is 61.4 Å². The summed E-state index contributed by atoms with van der Waals surface area (Å²) in [5.74, 6) is 0.517. The highest BCUT2D eigenvalue weighted by atomic mass is 32.2. The second-order valence-corrected chi connectivity index (χ2v) is 12.7. The fraction of sp³-hybridized carbons (Fsp3) is 0.379. The average Bonchev–Trinajstić information content (AvgIpc) is 3.67. The summed E-state index contributed by atoms with van der Waals surface area (Å²) in [6.45, 7) is 2.64. The van der Waals surface area contributed by atoms with Crippen LogP contribution in [0.2, 0.25) is 0 Å². The van der Waals surface area contributed by atoms with Crippen LogP contribution in [0.4, 0.5) is 23.0 Å². The number of para-hydroxylation sites is 1. The molecule has 39 heavy (non-hydrogen) atoms. The molecule has 2 N–H and O–H groups in total. The molecule has 10 heteroatoms. The van der Waals surface area contributed by atoms with Gasteiger partial charge in [0.1, 0.15) is 5.65 Å². The molecule has 2 aromatic heterocycles. The van der Waals surface area contributed by atoms with E-state index in [0.29, 0.717) is 24.2 Å². The Morgan fingerprint density at radius 1 is 0.974 bits per heavy atom. The lowest BCUT2D eigenvalue weighted by Gasteiger charge is -2.34. The van der Waals surface area contributed by atoms with Gasteiger partial charge in [-0.05, 0) is 67.6 Å². The molecule has 0 amide bonds. The average molecular weight is 546 g/mol. The Hall–Kier alpha value is -3.63. The van der Waals surface area contributed by atoms with Gasteiger partial charge < -0.3 is 20.1 Å². The van der Waals surface area contributed by atoms with Crippen molar-refractivity contribution in [1.82, 2.24) is 19.9 Å². The van der Waals surface area contributed by atoms with E-state index in [2.05, 4.69) is 44.8 Å². The molecule has 9 nitrogen and oxygen atoms in total. The second-order valence-electron chi connectivity index (χ2n) is 10.6. The molecule has 3 heterocycles. The third kappa shape index (κ3) is 5.86. The molecule has 204 valence electrons. The smallest absolute Gasteiger partial charge is 0.232 e. The Balaban J connectivity index is 1.15. The van der Waals surface area contributed by atoms with Gasteiger partial charge in [0.25, 0.3) is 0 Å². The van der Waals surface area contributed by atoms with Crippen LogP contribution in [0, 0.1) is 0 Å². The van der Waals surface area contributed by atoms with Gasteiger partial charge in [-0.3, -0.25) is 4.31 Å². The van der Waals surface area contributed by atoms with Crippen LogP contribution in [0.3, 0.4) is 0 Å². The molecule has 6 rings (SSSR count). The minimum Gasteiger partial charge on any atom is -0.371 e. The van der Waals surface area contributed by atoms with Crippen LogP contribution in [0.5, 0.6) is 0 Å². The largest absolute Gasteiger partial charge is 0.371 e. The molecule has 0 spiro atoms. The van der Waals surface area contributed by atoms with Crippen molar-refractivity contribution in [3.8, 4) is 0 Å². The number of nitrogens with zero attached hydrogens (tertiary/aromatic N) is 5. The van der Waals surface area contributed by atoms with Gasteiger partial charge in [0, 0.05) is 61.4 Å². The van der Waals surface area contributed by atoms with Gasteiger partial charge in [-0.2, -0.15) is 4.98 Å². The van der Waals surface area contributed by atoms with E-state index in [1.165, 1.54) is 41.9 Å². The van der Waals surface area contributed by atoms with Gasteiger partial charge in [-0.15, -0.1) is 0 Å². The first-order valence-corrected chi connectivity index (χ1v) is 15.4. The first-order chi connectivity index (χ1) is 18.8. The molecular formula is C29H35N7O2S. The Labute approximate surface area is 229 Å². The Morgan fingerprint density at radius 2 is 1.69 bits per heavy atom. The number of hydrogen-bond donors (Lipinski definition) is 2. The maximum atomic E-state index is 12.2. The van der Waals surface area contributed by atoms with Crippen LogP contribution in [0.25, 0.3) is 11.0 Å². The molecule has 1 saturated heterocycles. The van der Waals surface area contributed by atoms with E-state index in [1.54, 1.807) is 7.05 Å². The van der Waals surface area contributed by atoms with Crippen molar-refractivity contribution >= 4 is 44.1 Å². The molecule has 2 fully saturated rings. The Morgan fingerprint density at radius 3 is 2.41 bits per heavy atom. The molecule has 1 aliphatic carbocycles. The lowest BCUT2D eigenvalue weighted by molar-refractivity contribution is 0.413. The number of piperidine rings is 1. The molecule has 0 unspecified atom stereocenters. The van der Waals surface area contributed by atoms with Crippen LogP contribution in [0.15, 0.2) is 67.0 Å². The summed E-state index contributed by atoms with van der Waals surface area (Å²) in [5, 5.41) is 8.03. The monoisotopic (exact) mass is 545 g/mol. The molecule has 4 aromatic rings. The number of rotatable bonds is 9. The summed E-state index contributed by atoms with van der Waals surface area (Å²) in [6.07, 6.45) is 10.0. The van der Waals surface area contributed by atoms with Crippen molar-refractivity contribution in [2.75, 3.05) is 40.9 Å². The van der Waals surface area contributed by atoms with E-state index < -0.39 is 10.0 Å². The maximum absolute atomic E-state index is 12.2. The summed E-state index contributed by atoms with van der Waals surface area (Å²) in [4.78, 5) is 11.8. The number of anilines is 4. The number of sulfonamides is 1. The number of nitrogens with one attached hydrogen (secondary N) is 2. The van der Waals surface area contributed by atoms with Gasteiger partial charge in [0.2, 0.25) is 16.0 Å². The highest BCUT2D eigenvalue weighted by Crippen LogP contribution is 2.27. The number of fused-ring (bicyclic) bond motifs is 1. The van der Waals surface area contributed by atoms with Crippen molar-refractivity contribution in [3.63, 3.8) is 0 Å². The lowest BCUT2D eigenvalue weighted by atomic mass is 10.0. The van der Waals surface area contributed by atoms with Crippen molar-refractivity contribution < 1.29 is 8.42 Å². The Kier molecular flexibility index (Phi) is 6.90. The van der Waals surface area contributed by atoms with Crippen molar-refractivity contribution in [2.24, 2.45) is 0 Å². The van der Waals surface area contributed by atoms with Gasteiger partial charge in [0.05, 0.1) is 18.5 Å². The summed E-state index contributed by atoms with van der Waals surface area (Å²) in [5.41, 5.74) is 4.50. The molecule has 2 aliphatic rings. The lowest BCUT2D eigenvalue weighted by Crippen LogP contribution is -2.43. The standard InChI is InChI=1S/C29H35N7O2S/c1-34(39(2,37)38)27-6-4-3-5-22(27)20-36-16-13-21-19-30-29(33-28(21)36)32-24-9-11-26(12-10-24)35-17-14-25(15-18-35)31-23-7-8-23/h3-6,9-13,16,19,23,25,31H,7-8,14-15,17-18,20H2,1-2H3,(H,30,32,33). The van der Waals surface area contributed by atoms with Crippen molar-refractivity contribution in [2.45, 2.75) is 44.3 Å². The molecular weight excluding hydrogens is 510 g/mol. The highest BCUT2D eigenvalue weighted by molar-refractivity contribution is 7.92. The molecule has 0 atom stereocenters. The van der Waals surface area contributed by atoms with E-state index >= 15 is 0 Å². The van der Waals surface area contributed by atoms with Gasteiger partial charge in [-0.25, -0.2) is 13.4 Å². The summed E-state index contributed by atoms with van der Waals surface area (Å²) in [7, 11) is -1.80. The van der Waals surface area contributed by atoms with Crippen LogP contribution in [0.1, 0.15) is 31.2 Å². The van der Waals surface area contributed by atoms with E-state index in [9.17, 15) is 8.42 Å². The second kappa shape index (κ2) is 10.5. The van der Waals surface area contributed by atoms with Gasteiger partial charge >= 0.3 is 0 Å². The fourth-order valence-electron chi connectivity index (χ4n) is 5.24. The minimum atomic E-state index is -3.37. The number of hydrogen-bond acceptors (Lipinski definition) is 7. The predicted molar refractivity (Wildman–Crippen MR) is 157 cm³/mol. The molecule has 0 radical (unpaired) electrons. The van der Waals surface area contributed by atoms with Crippen LogP contribution >= 0.6 is 0 Å². The first-order valence-electron chi connectivity index (χ1n) is 13.6. The van der Waals surface area contributed by atoms with E-state index in [-0.39, 0.29) is 0 Å². The van der Waals surface area contributed by atoms with Crippen molar-refractivity contribution in [1.29, 1.82) is 0 Å². The van der Waals surface area contributed by atoms with Crippen molar-refractivity contribution in [3.05, 3.63) is 72.6 Å². The third-order valence-electron chi connectivity index (χ3n) is 7.70. The summed E-state index contributed by atoms with van der Waals surface area (Å²) >= 11 is 0. The quantitative estimate of drug-likeness (QED) is 0.323. The zero-order chi connectivity index (χ0) is 27.0. The van der Waals surface area contributed by atoms with E-state index in [0.717, 1.165) is 41.4 Å². The zero-order valence-electron chi connectivity index (χ0n) is 22.4. The van der Waals surface area contributed by atoms with Gasteiger partial charge in [0.15, 0.2) is 0 Å². The Bertz CT molecular complexity index is 1560. The fourth-order valence-corrected chi connectivity index (χ4v) is 5.78. The number of benzene rings is 2. The molecule has 1 aliphatic heterocycles.